The fourth-order valence-electron chi connectivity index (χ4n) is 6.02. The van der Waals surface area contributed by atoms with Crippen LogP contribution in [0.1, 0.15) is 30.9 Å². The molecule has 1 spiro atoms. The third-order valence-electron chi connectivity index (χ3n) is 7.80. The maximum Gasteiger partial charge on any atom is 0.142 e. The van der Waals surface area contributed by atoms with Gasteiger partial charge in [-0.1, -0.05) is 12.1 Å². The smallest absolute Gasteiger partial charge is 0.142 e. The summed E-state index contributed by atoms with van der Waals surface area (Å²) in [6, 6.07) is 11.7. The topological polar surface area (TPSA) is 123 Å². The Morgan fingerprint density at radius 2 is 1.91 bits per heavy atom. The summed E-state index contributed by atoms with van der Waals surface area (Å²) in [5.74, 6) is 0.483. The molecular formula is C25H26BrN5O2. The average molecular weight is 508 g/mol. The van der Waals surface area contributed by atoms with Gasteiger partial charge in [0, 0.05) is 28.9 Å². The van der Waals surface area contributed by atoms with E-state index in [0.717, 1.165) is 57.7 Å². The highest BCUT2D eigenvalue weighted by molar-refractivity contribution is 9.10. The van der Waals surface area contributed by atoms with Gasteiger partial charge in [0.1, 0.15) is 17.6 Å². The van der Waals surface area contributed by atoms with Crippen molar-refractivity contribution in [3.8, 4) is 0 Å². The zero-order chi connectivity index (χ0) is 22.9. The van der Waals surface area contributed by atoms with Crippen LogP contribution in [0.5, 0.6) is 0 Å². The number of anilines is 2. The van der Waals surface area contributed by atoms with E-state index in [-0.39, 0.29) is 17.4 Å². The van der Waals surface area contributed by atoms with Crippen molar-refractivity contribution in [3.63, 3.8) is 0 Å². The molecule has 2 fully saturated rings. The molecule has 3 heterocycles. The number of aliphatic hydroxyl groups is 2. The largest absolute Gasteiger partial charge is 0.398 e. The van der Waals surface area contributed by atoms with E-state index in [0.29, 0.717) is 11.5 Å². The number of aryl methyl sites for hydroxylation is 1. The second-order valence-corrected chi connectivity index (χ2v) is 10.4. The third kappa shape index (κ3) is 3.15. The number of hydrogen-bond acceptors (Lipinski definition) is 6. The highest BCUT2D eigenvalue weighted by Gasteiger charge is 2.66. The van der Waals surface area contributed by atoms with E-state index in [1.165, 1.54) is 0 Å². The Morgan fingerprint density at radius 1 is 1.09 bits per heavy atom. The van der Waals surface area contributed by atoms with Crippen molar-refractivity contribution in [1.29, 1.82) is 0 Å². The van der Waals surface area contributed by atoms with Crippen LogP contribution in [0.2, 0.25) is 0 Å². The predicted molar refractivity (Wildman–Crippen MR) is 133 cm³/mol. The summed E-state index contributed by atoms with van der Waals surface area (Å²) in [7, 11) is 0. The Kier molecular flexibility index (Phi) is 4.69. The number of rotatable bonds is 4. The minimum absolute atomic E-state index is 0.00894. The third-order valence-corrected chi connectivity index (χ3v) is 8.43. The SMILES string of the molecule is Nc1nc2cc(CC[C@@H]3[C@@H](O)[C@@H](O)[C@H](n4ccc5c(N)ccnc54)C34CC4)ccc2cc1Br. The van der Waals surface area contributed by atoms with Crippen LogP contribution in [0.4, 0.5) is 11.5 Å². The molecule has 4 atom stereocenters. The number of benzene rings is 1. The molecule has 0 unspecified atom stereocenters. The molecular weight excluding hydrogens is 482 g/mol. The lowest BCUT2D eigenvalue weighted by Gasteiger charge is -2.27. The maximum absolute atomic E-state index is 11.1. The van der Waals surface area contributed by atoms with Crippen LogP contribution in [-0.4, -0.2) is 37.0 Å². The molecule has 8 heteroatoms. The van der Waals surface area contributed by atoms with E-state index >= 15 is 0 Å². The van der Waals surface area contributed by atoms with Gasteiger partial charge in [-0.3, -0.25) is 0 Å². The van der Waals surface area contributed by atoms with Gasteiger partial charge in [0.25, 0.3) is 0 Å². The highest BCUT2D eigenvalue weighted by atomic mass is 79.9. The lowest BCUT2D eigenvalue weighted by Crippen LogP contribution is -2.29. The molecule has 0 saturated heterocycles. The second kappa shape index (κ2) is 7.41. The van der Waals surface area contributed by atoms with Gasteiger partial charge in [0.05, 0.1) is 22.1 Å². The first-order valence-corrected chi connectivity index (χ1v) is 12.1. The first-order chi connectivity index (χ1) is 15.9. The van der Waals surface area contributed by atoms with Crippen molar-refractivity contribution in [3.05, 3.63) is 58.8 Å². The normalized spacial score (nSPS) is 25.9. The molecule has 0 amide bonds. The van der Waals surface area contributed by atoms with Crippen molar-refractivity contribution in [2.24, 2.45) is 11.3 Å². The second-order valence-electron chi connectivity index (χ2n) is 9.55. The van der Waals surface area contributed by atoms with E-state index in [1.54, 1.807) is 12.3 Å². The number of nitrogens with zero attached hydrogens (tertiary/aromatic N) is 3. The standard InChI is InChI=1S/C25H26BrN5O2/c26-17-12-14-3-1-13(11-19(14)30-23(17)28)2-4-16-20(32)21(33)22(25(16)7-8-25)31-10-6-15-18(27)5-9-29-24(15)31/h1,3,5-6,9-12,16,20-22,32-33H,2,4,7-8H2,(H2,27,29)(H2,28,30)/t16-,20-,21-,22+/m1/s1. The summed E-state index contributed by atoms with van der Waals surface area (Å²) in [5, 5.41) is 24.2. The van der Waals surface area contributed by atoms with Gasteiger partial charge in [0.15, 0.2) is 0 Å². The number of hydrogen-bond donors (Lipinski definition) is 4. The predicted octanol–water partition coefficient (Wildman–Crippen LogP) is 3.82. The van der Waals surface area contributed by atoms with Gasteiger partial charge in [0.2, 0.25) is 0 Å². The fraction of sp³-hybridized carbons (Fsp3) is 0.360. The van der Waals surface area contributed by atoms with Gasteiger partial charge in [-0.25, -0.2) is 9.97 Å². The molecule has 0 bridgehead atoms. The summed E-state index contributed by atoms with van der Waals surface area (Å²) < 4.78 is 2.83. The summed E-state index contributed by atoms with van der Waals surface area (Å²) in [4.78, 5) is 9.02. The molecule has 3 aromatic heterocycles. The van der Waals surface area contributed by atoms with Gasteiger partial charge in [-0.05, 0) is 82.8 Å². The highest BCUT2D eigenvalue weighted by Crippen LogP contribution is 2.67. The molecule has 6 N–H and O–H groups in total. The lowest BCUT2D eigenvalue weighted by atomic mass is 9.84. The molecule has 33 heavy (non-hydrogen) atoms. The van der Waals surface area contributed by atoms with Gasteiger partial charge < -0.3 is 26.2 Å². The Bertz CT molecular complexity index is 1380. The van der Waals surface area contributed by atoms with E-state index < -0.39 is 12.2 Å². The molecule has 1 aromatic carbocycles. The molecule has 170 valence electrons. The van der Waals surface area contributed by atoms with Gasteiger partial charge >= 0.3 is 0 Å². The number of nitrogen functional groups attached to an aromatic ring is 2. The first kappa shape index (κ1) is 20.9. The summed E-state index contributed by atoms with van der Waals surface area (Å²) >= 11 is 3.43. The van der Waals surface area contributed by atoms with Crippen LogP contribution in [0.3, 0.4) is 0 Å². The zero-order valence-corrected chi connectivity index (χ0v) is 19.6. The Balaban J connectivity index is 1.29. The Labute approximate surface area is 199 Å². The molecule has 4 aromatic rings. The van der Waals surface area contributed by atoms with Crippen LogP contribution in [-0.2, 0) is 6.42 Å². The molecule has 2 aliphatic carbocycles. The molecule has 2 saturated carbocycles. The van der Waals surface area contributed by atoms with Crippen molar-refractivity contribution < 1.29 is 10.2 Å². The van der Waals surface area contributed by atoms with E-state index in [1.807, 2.05) is 22.9 Å². The molecule has 6 rings (SSSR count). The fourth-order valence-corrected chi connectivity index (χ4v) is 6.35. The van der Waals surface area contributed by atoms with Crippen molar-refractivity contribution in [1.82, 2.24) is 14.5 Å². The average Bonchev–Trinajstić information content (AvgIpc) is 3.41. The van der Waals surface area contributed by atoms with Gasteiger partial charge in [-0.2, -0.15) is 0 Å². The molecule has 7 nitrogen and oxygen atoms in total. The number of nitrogens with two attached hydrogens (primary N) is 2. The minimum atomic E-state index is -0.841. The quantitative estimate of drug-likeness (QED) is 0.333. The maximum atomic E-state index is 11.1. The van der Waals surface area contributed by atoms with Crippen LogP contribution in [0.25, 0.3) is 21.9 Å². The minimum Gasteiger partial charge on any atom is -0.398 e. The summed E-state index contributed by atoms with van der Waals surface area (Å²) in [6.07, 6.45) is 5.60. The van der Waals surface area contributed by atoms with Crippen LogP contribution in [0, 0.1) is 11.3 Å². The monoisotopic (exact) mass is 507 g/mol. The summed E-state index contributed by atoms with van der Waals surface area (Å²) in [5.41, 5.74) is 15.4. The van der Waals surface area contributed by atoms with Crippen molar-refractivity contribution >= 4 is 49.4 Å². The Morgan fingerprint density at radius 3 is 2.70 bits per heavy atom. The number of aliphatic hydroxyl groups excluding tert-OH is 2. The summed E-state index contributed by atoms with van der Waals surface area (Å²) in [6.45, 7) is 0. The number of halogens is 1. The van der Waals surface area contributed by atoms with Crippen LogP contribution in [0.15, 0.2) is 53.3 Å². The first-order valence-electron chi connectivity index (χ1n) is 11.3. The van der Waals surface area contributed by atoms with Gasteiger partial charge in [-0.15, -0.1) is 0 Å². The molecule has 2 aliphatic rings. The zero-order valence-electron chi connectivity index (χ0n) is 18.0. The number of aromatic nitrogens is 3. The number of fused-ring (bicyclic) bond motifs is 2. The molecule has 0 radical (unpaired) electrons. The Hall–Kier alpha value is -2.68. The van der Waals surface area contributed by atoms with Crippen LogP contribution >= 0.6 is 15.9 Å². The van der Waals surface area contributed by atoms with E-state index in [2.05, 4.69) is 44.1 Å². The lowest BCUT2D eigenvalue weighted by molar-refractivity contribution is 0.00533. The molecule has 0 aliphatic heterocycles. The number of pyridine rings is 2. The van der Waals surface area contributed by atoms with Crippen molar-refractivity contribution in [2.75, 3.05) is 11.5 Å². The van der Waals surface area contributed by atoms with E-state index in [9.17, 15) is 10.2 Å². The van der Waals surface area contributed by atoms with Crippen molar-refractivity contribution in [2.45, 2.75) is 43.9 Å². The van der Waals surface area contributed by atoms with Crippen LogP contribution < -0.4 is 11.5 Å². The van der Waals surface area contributed by atoms with E-state index in [4.69, 9.17) is 11.5 Å².